The molecule has 0 unspecified atom stereocenters. The van der Waals surface area contributed by atoms with Crippen LogP contribution in [-0.4, -0.2) is 88.2 Å². The number of unbranched alkanes of at least 4 members (excludes halogenated alkanes) is 23. The number of carbonyl (C=O) groups is 2. The summed E-state index contributed by atoms with van der Waals surface area (Å²) in [6.07, 6.45) is 33.9. The molecule has 0 aromatic rings. The quantitative estimate of drug-likeness (QED) is 0.0529. The van der Waals surface area contributed by atoms with Crippen LogP contribution in [0.15, 0.2) is 0 Å². The van der Waals surface area contributed by atoms with Gasteiger partial charge in [-0.2, -0.15) is 0 Å². The zero-order chi connectivity index (χ0) is 34.2. The molecule has 0 fully saturated rings. The zero-order valence-corrected chi connectivity index (χ0v) is 32.3. The molecule has 0 heterocycles. The fourth-order valence-electron chi connectivity index (χ4n) is 6.51. The number of nitrogens with one attached hydrogen (secondary N) is 2. The Labute approximate surface area is 288 Å². The van der Waals surface area contributed by atoms with Crippen molar-refractivity contribution < 1.29 is 18.6 Å². The van der Waals surface area contributed by atoms with E-state index in [1.807, 2.05) is 0 Å². The molecule has 6 heteroatoms. The molecule has 2 amide bonds. The number of quaternary nitrogens is 2. The van der Waals surface area contributed by atoms with Gasteiger partial charge in [0.1, 0.15) is 0 Å². The number of hydrogen-bond acceptors (Lipinski definition) is 2. The van der Waals surface area contributed by atoms with Crippen LogP contribution in [0.2, 0.25) is 0 Å². The monoisotopic (exact) mass is 653 g/mol. The van der Waals surface area contributed by atoms with Crippen LogP contribution >= 0.6 is 0 Å². The number of carbonyl (C=O) groups excluding carboxylic acids is 2. The average molecular weight is 653 g/mol. The standard InChI is InChI=1S/C40H82N4O2/c1-7-9-11-13-15-21-25-29-33-41-39(45)37-43(3,4)35-31-27-23-19-17-18-20-24-28-32-36-44(5,6)38-40(46)42-34-30-26-22-16-14-12-10-8-2/h7-38H2,1-6H3/p+2. The second-order valence-electron chi connectivity index (χ2n) is 15.8. The van der Waals surface area contributed by atoms with Crippen molar-refractivity contribution in [1.29, 1.82) is 0 Å². The van der Waals surface area contributed by atoms with Crippen molar-refractivity contribution in [3.05, 3.63) is 0 Å². The summed E-state index contributed by atoms with van der Waals surface area (Å²) >= 11 is 0. The van der Waals surface area contributed by atoms with E-state index in [1.54, 1.807) is 0 Å². The molecule has 0 spiro atoms. The predicted molar refractivity (Wildman–Crippen MR) is 201 cm³/mol. The smallest absolute Gasteiger partial charge is 0.275 e. The van der Waals surface area contributed by atoms with Gasteiger partial charge in [-0.3, -0.25) is 9.59 Å². The molecule has 0 atom stereocenters. The highest BCUT2D eigenvalue weighted by molar-refractivity contribution is 5.77. The molecule has 274 valence electrons. The van der Waals surface area contributed by atoms with Crippen LogP contribution < -0.4 is 10.6 Å². The maximum atomic E-state index is 12.4. The second kappa shape index (κ2) is 31.1. The van der Waals surface area contributed by atoms with Gasteiger partial charge in [0.05, 0.1) is 41.3 Å². The first-order valence-corrected chi connectivity index (χ1v) is 20.3. The first-order chi connectivity index (χ1) is 22.1. The molecule has 0 saturated carbocycles. The van der Waals surface area contributed by atoms with E-state index in [1.165, 1.54) is 154 Å². The van der Waals surface area contributed by atoms with Gasteiger partial charge in [0.25, 0.3) is 11.8 Å². The van der Waals surface area contributed by atoms with Crippen molar-refractivity contribution in [2.45, 2.75) is 181 Å². The van der Waals surface area contributed by atoms with Gasteiger partial charge in [0, 0.05) is 13.1 Å². The van der Waals surface area contributed by atoms with Crippen molar-refractivity contribution in [2.75, 3.05) is 67.5 Å². The lowest BCUT2D eigenvalue weighted by atomic mass is 10.1. The van der Waals surface area contributed by atoms with Gasteiger partial charge >= 0.3 is 0 Å². The van der Waals surface area contributed by atoms with Crippen molar-refractivity contribution in [3.8, 4) is 0 Å². The molecule has 6 nitrogen and oxygen atoms in total. The molecule has 0 bridgehead atoms. The van der Waals surface area contributed by atoms with Gasteiger partial charge < -0.3 is 19.6 Å². The van der Waals surface area contributed by atoms with Crippen molar-refractivity contribution in [2.24, 2.45) is 0 Å². The molecule has 0 saturated heterocycles. The van der Waals surface area contributed by atoms with Crippen LogP contribution in [0, 0.1) is 0 Å². The molecule has 0 radical (unpaired) electrons. The van der Waals surface area contributed by atoms with Gasteiger partial charge in [-0.25, -0.2) is 0 Å². The van der Waals surface area contributed by atoms with Crippen LogP contribution in [0.4, 0.5) is 0 Å². The molecular weight excluding hydrogens is 568 g/mol. The third kappa shape index (κ3) is 32.8. The van der Waals surface area contributed by atoms with Crippen molar-refractivity contribution in [3.63, 3.8) is 0 Å². The maximum Gasteiger partial charge on any atom is 0.275 e. The van der Waals surface area contributed by atoms with Crippen LogP contribution in [0.25, 0.3) is 0 Å². The number of likely N-dealkylation sites (N-methyl/N-ethyl adjacent to an activating group) is 2. The summed E-state index contributed by atoms with van der Waals surface area (Å²) in [5.41, 5.74) is 0. The topological polar surface area (TPSA) is 58.2 Å². The van der Waals surface area contributed by atoms with Gasteiger partial charge in [-0.05, 0) is 38.5 Å². The third-order valence-corrected chi connectivity index (χ3v) is 9.63. The number of amides is 2. The SMILES string of the molecule is CCCCCCCCCCNC(=O)C[N+](C)(C)CCCCCCCCCCCC[N+](C)(C)CC(=O)NCCCCCCCCCC. The van der Waals surface area contributed by atoms with E-state index >= 15 is 0 Å². The molecule has 0 aliphatic heterocycles. The van der Waals surface area contributed by atoms with Gasteiger partial charge in [0.15, 0.2) is 13.1 Å². The van der Waals surface area contributed by atoms with Crippen molar-refractivity contribution in [1.82, 2.24) is 10.6 Å². The Bertz CT molecular complexity index is 637. The highest BCUT2D eigenvalue weighted by Crippen LogP contribution is 2.13. The van der Waals surface area contributed by atoms with E-state index in [9.17, 15) is 9.59 Å². The largest absolute Gasteiger partial charge is 0.351 e. The summed E-state index contributed by atoms with van der Waals surface area (Å²) in [6.45, 7) is 9.56. The normalized spacial score (nSPS) is 12.0. The van der Waals surface area contributed by atoms with Crippen LogP contribution in [0.1, 0.15) is 181 Å². The summed E-state index contributed by atoms with van der Waals surface area (Å²) in [4.78, 5) is 24.8. The summed E-state index contributed by atoms with van der Waals surface area (Å²) in [5, 5.41) is 6.31. The predicted octanol–water partition coefficient (Wildman–Crippen LogP) is 9.55. The van der Waals surface area contributed by atoms with E-state index in [-0.39, 0.29) is 11.8 Å². The molecule has 46 heavy (non-hydrogen) atoms. The molecule has 0 rings (SSSR count). The summed E-state index contributed by atoms with van der Waals surface area (Å²) in [6, 6.07) is 0. The van der Waals surface area contributed by atoms with E-state index in [4.69, 9.17) is 0 Å². The first-order valence-electron chi connectivity index (χ1n) is 20.3. The Balaban J connectivity index is 3.60. The lowest BCUT2D eigenvalue weighted by Gasteiger charge is -2.29. The Morgan fingerprint density at radius 3 is 0.891 bits per heavy atom. The highest BCUT2D eigenvalue weighted by Gasteiger charge is 2.20. The minimum absolute atomic E-state index is 0.213. The fourth-order valence-corrected chi connectivity index (χ4v) is 6.51. The molecule has 0 aliphatic carbocycles. The van der Waals surface area contributed by atoms with Crippen molar-refractivity contribution >= 4 is 11.8 Å². The highest BCUT2D eigenvalue weighted by atomic mass is 16.2. The van der Waals surface area contributed by atoms with Crippen LogP contribution in [0.5, 0.6) is 0 Å². The van der Waals surface area contributed by atoms with E-state index in [0.717, 1.165) is 48.0 Å². The Kier molecular flexibility index (Phi) is 30.4. The van der Waals surface area contributed by atoms with Gasteiger partial charge in [0.2, 0.25) is 0 Å². The second-order valence-corrected chi connectivity index (χ2v) is 15.8. The Morgan fingerprint density at radius 2 is 0.609 bits per heavy atom. The maximum absolute atomic E-state index is 12.4. The lowest BCUT2D eigenvalue weighted by molar-refractivity contribution is -0.882. The van der Waals surface area contributed by atoms with E-state index in [2.05, 4.69) is 52.7 Å². The third-order valence-electron chi connectivity index (χ3n) is 9.63. The minimum Gasteiger partial charge on any atom is -0.351 e. The first kappa shape index (κ1) is 44.9. The van der Waals surface area contributed by atoms with Gasteiger partial charge in [-0.15, -0.1) is 0 Å². The van der Waals surface area contributed by atoms with E-state index in [0.29, 0.717) is 13.1 Å². The molecule has 2 N–H and O–H groups in total. The number of nitrogens with zero attached hydrogens (tertiary/aromatic N) is 2. The number of hydrogen-bond donors (Lipinski definition) is 2. The lowest BCUT2D eigenvalue weighted by Crippen LogP contribution is -2.48. The summed E-state index contributed by atoms with van der Waals surface area (Å²) < 4.78 is 1.59. The molecule has 0 aliphatic rings. The number of rotatable bonds is 35. The Hall–Kier alpha value is -1.14. The molecule has 0 aromatic heterocycles. The minimum atomic E-state index is 0.213. The van der Waals surface area contributed by atoms with Crippen LogP contribution in [0.3, 0.4) is 0 Å². The summed E-state index contributed by atoms with van der Waals surface area (Å²) in [7, 11) is 8.79. The Morgan fingerprint density at radius 1 is 0.370 bits per heavy atom. The zero-order valence-electron chi connectivity index (χ0n) is 32.3. The van der Waals surface area contributed by atoms with Crippen LogP contribution in [-0.2, 0) is 9.59 Å². The van der Waals surface area contributed by atoms with E-state index < -0.39 is 0 Å². The fraction of sp³-hybridized carbons (Fsp3) is 0.950. The molecular formula is C40H84N4O2+2. The summed E-state index contributed by atoms with van der Waals surface area (Å²) in [5.74, 6) is 0.426. The molecule has 0 aromatic carbocycles. The van der Waals surface area contributed by atoms with Gasteiger partial charge in [-0.1, -0.05) is 142 Å². The average Bonchev–Trinajstić information content (AvgIpc) is 2.99.